The highest BCUT2D eigenvalue weighted by atomic mass is 15.1. The first-order chi connectivity index (χ1) is 43.9. The molecule has 3 nitrogen and oxygen atoms in total. The van der Waals surface area contributed by atoms with E-state index in [4.69, 9.17) is 0 Å². The van der Waals surface area contributed by atoms with E-state index in [2.05, 4.69) is 334 Å². The number of para-hydroxylation sites is 2. The van der Waals surface area contributed by atoms with Crippen molar-refractivity contribution >= 4 is 88.5 Å². The monoisotopic (exact) mass is 1150 g/mol. The van der Waals surface area contributed by atoms with Crippen LogP contribution in [0.4, 0.5) is 0 Å². The molecule has 426 valence electrons. The van der Waals surface area contributed by atoms with Crippen LogP contribution in [0.5, 0.6) is 0 Å². The van der Waals surface area contributed by atoms with Crippen molar-refractivity contribution in [2.75, 3.05) is 0 Å². The van der Waals surface area contributed by atoms with Crippen LogP contribution < -0.4 is 16.4 Å². The van der Waals surface area contributed by atoms with Crippen LogP contribution in [-0.2, 0) is 10.8 Å². The SMILES string of the molecule is CC(C)(C)c1cc2c3c(c1)c1ccccc1n3-c1cc(-n3c4cc(-c5cc(-c6ccccc6)cc(-c6ccccc6)c5)ccc4c4ccc(-c5cc(-c6ccccc6)cc(-c6ccccc6)c5)cc43)cc3c1B2c1cc(C(C)(C)C)cc2c4ccccc4n-3c12. The van der Waals surface area contributed by atoms with Crippen LogP contribution in [0.3, 0.4) is 0 Å². The molecule has 0 bridgehead atoms. The van der Waals surface area contributed by atoms with Gasteiger partial charge in [0.2, 0.25) is 0 Å². The van der Waals surface area contributed by atoms with Crippen LogP contribution in [0.1, 0.15) is 52.7 Å². The quantitative estimate of drug-likeness (QED) is 0.141. The zero-order valence-electron chi connectivity index (χ0n) is 51.5. The van der Waals surface area contributed by atoms with Crippen molar-refractivity contribution in [3.05, 3.63) is 290 Å². The Kier molecular flexibility index (Phi) is 11.3. The molecule has 0 amide bonds. The van der Waals surface area contributed by atoms with Crippen molar-refractivity contribution in [3.63, 3.8) is 0 Å². The number of benzene rings is 13. The summed E-state index contributed by atoms with van der Waals surface area (Å²) in [6.45, 7) is 14.2. The maximum atomic E-state index is 2.65. The zero-order chi connectivity index (χ0) is 60.3. The highest BCUT2D eigenvalue weighted by Gasteiger charge is 2.43. The molecule has 2 aliphatic rings. The number of nitrogens with zero attached hydrogens (tertiary/aromatic N) is 3. The molecule has 0 atom stereocenters. The van der Waals surface area contributed by atoms with E-state index in [1.165, 1.54) is 149 Å². The first kappa shape index (κ1) is 52.4. The molecular weight excluding hydrogens is 1090 g/mol. The van der Waals surface area contributed by atoms with E-state index in [0.29, 0.717) is 0 Å². The van der Waals surface area contributed by atoms with Gasteiger partial charge in [-0.2, -0.15) is 0 Å². The fourth-order valence-corrected chi connectivity index (χ4v) is 15.4. The molecule has 0 fully saturated rings. The summed E-state index contributed by atoms with van der Waals surface area (Å²) in [7, 11) is 0. The van der Waals surface area contributed by atoms with Gasteiger partial charge in [0.1, 0.15) is 0 Å². The Morgan fingerprint density at radius 2 is 0.567 bits per heavy atom. The number of hydrogen-bond acceptors (Lipinski definition) is 0. The van der Waals surface area contributed by atoms with E-state index in [9.17, 15) is 0 Å². The summed E-state index contributed by atoms with van der Waals surface area (Å²) in [4.78, 5) is 0. The average Bonchev–Trinajstić information content (AvgIpc) is 1.43. The van der Waals surface area contributed by atoms with Gasteiger partial charge in [-0.1, -0.05) is 236 Å². The molecule has 5 heterocycles. The van der Waals surface area contributed by atoms with Crippen LogP contribution >= 0.6 is 0 Å². The molecule has 0 N–H and O–H groups in total. The smallest absolute Gasteiger partial charge is 0.252 e. The van der Waals surface area contributed by atoms with Gasteiger partial charge < -0.3 is 13.7 Å². The molecule has 18 rings (SSSR count). The first-order valence-corrected chi connectivity index (χ1v) is 31.8. The Labute approximate surface area is 525 Å². The van der Waals surface area contributed by atoms with Gasteiger partial charge in [0.05, 0.1) is 27.8 Å². The van der Waals surface area contributed by atoms with Gasteiger partial charge >= 0.3 is 0 Å². The molecule has 0 aliphatic carbocycles. The lowest BCUT2D eigenvalue weighted by Crippen LogP contribution is -2.59. The highest BCUT2D eigenvalue weighted by Crippen LogP contribution is 2.46. The minimum absolute atomic E-state index is 0.0324. The van der Waals surface area contributed by atoms with Crippen molar-refractivity contribution in [3.8, 4) is 83.8 Å². The van der Waals surface area contributed by atoms with E-state index in [-0.39, 0.29) is 17.5 Å². The lowest BCUT2D eigenvalue weighted by atomic mass is 9.34. The van der Waals surface area contributed by atoms with E-state index in [0.717, 1.165) is 27.8 Å². The van der Waals surface area contributed by atoms with Gasteiger partial charge in [-0.25, -0.2) is 0 Å². The molecule has 4 heteroatoms. The summed E-state index contributed by atoms with van der Waals surface area (Å²) in [6.07, 6.45) is 0. The Bertz CT molecular complexity index is 5190. The fraction of sp³-hybridized carbons (Fsp3) is 0.0930. The molecular formula is C86H64BN3. The molecule has 0 unspecified atom stereocenters. The molecule has 2 aliphatic heterocycles. The number of rotatable bonds is 7. The first-order valence-electron chi connectivity index (χ1n) is 31.8. The Hall–Kier alpha value is -10.7. The molecule has 0 radical (unpaired) electrons. The molecule has 13 aromatic carbocycles. The zero-order valence-corrected chi connectivity index (χ0v) is 51.5. The van der Waals surface area contributed by atoms with E-state index in [1.54, 1.807) is 0 Å². The standard InChI is InChI=1S/C86H64BN3/c1-85(2,3)65-47-72-68-31-19-21-33-76(68)89-80-51-67(52-81-82(80)87(74(49-65)83(72)89)75-50-66(86(4,5)6)48-73-69-32-20-22-34-77(69)90(81)84(73)75)88-78-45-57(63-41-59(53-23-11-7-12-24-53)39-60(42-63)54-25-13-8-14-26-54)35-37-70(78)71-38-36-58(46-79(71)88)64-43-61(55-27-15-9-16-28-55)40-62(44-64)56-29-17-10-18-30-56/h7-52H,1-6H3. The maximum Gasteiger partial charge on any atom is 0.252 e. The Morgan fingerprint density at radius 1 is 0.244 bits per heavy atom. The van der Waals surface area contributed by atoms with Gasteiger partial charge in [-0.15, -0.1) is 0 Å². The summed E-state index contributed by atoms with van der Waals surface area (Å²) in [6, 6.07) is 106. The van der Waals surface area contributed by atoms with Gasteiger partial charge in [0.15, 0.2) is 0 Å². The largest absolute Gasteiger partial charge is 0.310 e. The molecule has 16 aromatic rings. The van der Waals surface area contributed by atoms with Crippen molar-refractivity contribution in [1.82, 2.24) is 13.7 Å². The van der Waals surface area contributed by atoms with E-state index in [1.807, 2.05) is 0 Å². The normalized spacial score (nSPS) is 12.8. The lowest BCUT2D eigenvalue weighted by molar-refractivity contribution is 0.591. The van der Waals surface area contributed by atoms with Gasteiger partial charge in [0, 0.05) is 54.7 Å². The molecule has 90 heavy (non-hydrogen) atoms. The van der Waals surface area contributed by atoms with E-state index >= 15 is 0 Å². The third-order valence-electron chi connectivity index (χ3n) is 19.8. The summed E-state index contributed by atoms with van der Waals surface area (Å²) in [5.41, 5.74) is 31.8. The fourth-order valence-electron chi connectivity index (χ4n) is 15.4. The summed E-state index contributed by atoms with van der Waals surface area (Å²) >= 11 is 0. The lowest BCUT2D eigenvalue weighted by Gasteiger charge is -2.36. The minimum atomic E-state index is -0.0841. The molecule has 3 aromatic heterocycles. The molecule has 0 spiro atoms. The van der Waals surface area contributed by atoms with Crippen LogP contribution in [0.25, 0.3) is 149 Å². The van der Waals surface area contributed by atoms with E-state index < -0.39 is 0 Å². The third kappa shape index (κ3) is 8.00. The number of fused-ring (bicyclic) bond motifs is 13. The van der Waals surface area contributed by atoms with Gasteiger partial charge in [-0.05, 0) is 190 Å². The summed E-state index contributed by atoms with van der Waals surface area (Å²) in [5, 5.41) is 7.60. The average molecular weight is 1150 g/mol. The molecule has 0 saturated heterocycles. The summed E-state index contributed by atoms with van der Waals surface area (Å²) in [5.74, 6) is 0. The number of hydrogen-bond donors (Lipinski definition) is 0. The van der Waals surface area contributed by atoms with Gasteiger partial charge in [0.25, 0.3) is 6.71 Å². The third-order valence-corrected chi connectivity index (χ3v) is 19.8. The Morgan fingerprint density at radius 3 is 0.922 bits per heavy atom. The van der Waals surface area contributed by atoms with Crippen molar-refractivity contribution in [2.24, 2.45) is 0 Å². The predicted octanol–water partition coefficient (Wildman–Crippen LogP) is 20.7. The van der Waals surface area contributed by atoms with Crippen LogP contribution in [-0.4, -0.2) is 20.4 Å². The number of aromatic nitrogens is 3. The second-order valence-corrected chi connectivity index (χ2v) is 27.3. The second-order valence-electron chi connectivity index (χ2n) is 27.3. The van der Waals surface area contributed by atoms with Crippen LogP contribution in [0.2, 0.25) is 0 Å². The van der Waals surface area contributed by atoms with Crippen molar-refractivity contribution in [2.45, 2.75) is 52.4 Å². The molecule has 0 saturated carbocycles. The minimum Gasteiger partial charge on any atom is -0.310 e. The van der Waals surface area contributed by atoms with Crippen LogP contribution in [0, 0.1) is 0 Å². The van der Waals surface area contributed by atoms with Crippen LogP contribution in [0.15, 0.2) is 279 Å². The Balaban J connectivity index is 0.975. The maximum absolute atomic E-state index is 2.65. The van der Waals surface area contributed by atoms with Crippen molar-refractivity contribution in [1.29, 1.82) is 0 Å². The predicted molar refractivity (Wildman–Crippen MR) is 384 cm³/mol. The summed E-state index contributed by atoms with van der Waals surface area (Å²) < 4.78 is 7.92. The van der Waals surface area contributed by atoms with Gasteiger partial charge in [-0.3, -0.25) is 0 Å². The topological polar surface area (TPSA) is 14.8 Å². The second kappa shape index (κ2) is 19.4. The van der Waals surface area contributed by atoms with Crippen molar-refractivity contribution < 1.29 is 0 Å². The highest BCUT2D eigenvalue weighted by molar-refractivity contribution is 7.00.